The molecule has 1 aromatic heterocycles. The van der Waals surface area contributed by atoms with Crippen LogP contribution in [0.25, 0.3) is 0 Å². The molecule has 0 saturated carbocycles. The van der Waals surface area contributed by atoms with Gasteiger partial charge in [-0.2, -0.15) is 5.10 Å². The van der Waals surface area contributed by atoms with Gasteiger partial charge in [-0.3, -0.25) is 16.0 Å². The molecule has 2 heterocycles. The summed E-state index contributed by atoms with van der Waals surface area (Å²) in [5.41, 5.74) is 4.11. The van der Waals surface area contributed by atoms with E-state index in [9.17, 15) is 0 Å². The summed E-state index contributed by atoms with van der Waals surface area (Å²) in [6.45, 7) is 6.11. The van der Waals surface area contributed by atoms with E-state index in [1.165, 1.54) is 5.56 Å². The molecule has 3 N–H and O–H groups in total. The van der Waals surface area contributed by atoms with Gasteiger partial charge in [-0.25, -0.2) is 0 Å². The average Bonchev–Trinajstić information content (AvgIpc) is 3.00. The molecule has 1 saturated heterocycles. The Hall–Kier alpha value is -0.910. The van der Waals surface area contributed by atoms with Gasteiger partial charge in [0.2, 0.25) is 0 Å². The summed E-state index contributed by atoms with van der Waals surface area (Å²) in [4.78, 5) is 0. The Balaban J connectivity index is 2.11. The van der Waals surface area contributed by atoms with Crippen LogP contribution in [-0.4, -0.2) is 22.5 Å². The van der Waals surface area contributed by atoms with Crippen LogP contribution in [0.5, 0.6) is 0 Å². The van der Waals surface area contributed by atoms with Crippen molar-refractivity contribution in [3.8, 4) is 0 Å². The number of aryl methyl sites for hydroxylation is 1. The Bertz CT molecular complexity index is 366. The first-order valence-electron chi connectivity index (χ1n) is 6.90. The van der Waals surface area contributed by atoms with Crippen molar-refractivity contribution in [1.29, 1.82) is 0 Å². The standard InChI is InChI=1S/C13H24N4O/c1-3-6-17-9-10(8-15-17)13(16-14)11-5-7-18-12(11)4-2/h8-9,11-13,16H,3-7,14H2,1-2H3. The lowest BCUT2D eigenvalue weighted by Crippen LogP contribution is -2.36. The van der Waals surface area contributed by atoms with Crippen LogP contribution in [0.1, 0.15) is 44.7 Å². The van der Waals surface area contributed by atoms with Gasteiger partial charge in [0.25, 0.3) is 0 Å². The summed E-state index contributed by atoms with van der Waals surface area (Å²) in [7, 11) is 0. The van der Waals surface area contributed by atoms with Gasteiger partial charge < -0.3 is 4.74 Å². The fraction of sp³-hybridized carbons (Fsp3) is 0.769. The molecule has 5 heteroatoms. The monoisotopic (exact) mass is 252 g/mol. The maximum Gasteiger partial charge on any atom is 0.0620 e. The zero-order valence-corrected chi connectivity index (χ0v) is 11.3. The number of hydrogen-bond donors (Lipinski definition) is 2. The molecule has 0 bridgehead atoms. The van der Waals surface area contributed by atoms with E-state index in [1.807, 2.05) is 10.9 Å². The molecule has 1 aliphatic heterocycles. The third kappa shape index (κ3) is 2.74. The highest BCUT2D eigenvalue weighted by Crippen LogP contribution is 2.34. The van der Waals surface area contributed by atoms with E-state index < -0.39 is 0 Å². The van der Waals surface area contributed by atoms with Crippen molar-refractivity contribution >= 4 is 0 Å². The molecule has 1 aliphatic rings. The maximum atomic E-state index is 5.75. The molecule has 0 aromatic carbocycles. The number of nitrogens with one attached hydrogen (secondary N) is 1. The first-order valence-corrected chi connectivity index (χ1v) is 6.90. The van der Waals surface area contributed by atoms with E-state index in [4.69, 9.17) is 10.6 Å². The topological polar surface area (TPSA) is 65.1 Å². The van der Waals surface area contributed by atoms with Crippen molar-refractivity contribution in [1.82, 2.24) is 15.2 Å². The second kappa shape index (κ2) is 6.31. The molecule has 0 spiro atoms. The van der Waals surface area contributed by atoms with Crippen LogP contribution in [0.15, 0.2) is 12.4 Å². The van der Waals surface area contributed by atoms with Gasteiger partial charge in [-0.1, -0.05) is 13.8 Å². The van der Waals surface area contributed by atoms with Crippen molar-refractivity contribution in [3.63, 3.8) is 0 Å². The molecule has 18 heavy (non-hydrogen) atoms. The Morgan fingerprint density at radius 2 is 2.44 bits per heavy atom. The van der Waals surface area contributed by atoms with Crippen molar-refractivity contribution < 1.29 is 4.74 Å². The highest BCUT2D eigenvalue weighted by molar-refractivity contribution is 5.13. The molecular weight excluding hydrogens is 228 g/mol. The second-order valence-corrected chi connectivity index (χ2v) is 4.95. The molecule has 0 amide bonds. The van der Waals surface area contributed by atoms with Crippen LogP contribution < -0.4 is 11.3 Å². The van der Waals surface area contributed by atoms with Crippen molar-refractivity contribution in [2.75, 3.05) is 6.61 Å². The average molecular weight is 252 g/mol. The quantitative estimate of drug-likeness (QED) is 0.596. The highest BCUT2D eigenvalue weighted by Gasteiger charge is 2.34. The summed E-state index contributed by atoms with van der Waals surface area (Å²) in [5, 5.41) is 4.38. The Morgan fingerprint density at radius 3 is 3.11 bits per heavy atom. The summed E-state index contributed by atoms with van der Waals surface area (Å²) in [6.07, 6.45) is 7.51. The first kappa shape index (κ1) is 13.5. The van der Waals surface area contributed by atoms with Gasteiger partial charge in [0.15, 0.2) is 0 Å². The fourth-order valence-corrected chi connectivity index (χ4v) is 2.83. The normalized spacial score (nSPS) is 25.5. The summed E-state index contributed by atoms with van der Waals surface area (Å²) in [5.74, 6) is 6.19. The SMILES string of the molecule is CCCn1cc(C(NN)C2CCOC2CC)cn1. The summed E-state index contributed by atoms with van der Waals surface area (Å²) < 4.78 is 7.73. The van der Waals surface area contributed by atoms with Crippen molar-refractivity contribution in [2.45, 2.75) is 51.8 Å². The number of hydrazine groups is 1. The fourth-order valence-electron chi connectivity index (χ4n) is 2.83. The Kier molecular flexibility index (Phi) is 4.74. The maximum absolute atomic E-state index is 5.75. The van der Waals surface area contributed by atoms with Crippen LogP contribution in [0.3, 0.4) is 0 Å². The predicted octanol–water partition coefficient (Wildman–Crippen LogP) is 1.61. The minimum Gasteiger partial charge on any atom is -0.378 e. The van der Waals surface area contributed by atoms with Crippen molar-refractivity contribution in [3.05, 3.63) is 18.0 Å². The van der Waals surface area contributed by atoms with Gasteiger partial charge in [0, 0.05) is 30.8 Å². The van der Waals surface area contributed by atoms with E-state index in [0.29, 0.717) is 12.0 Å². The molecule has 3 unspecified atom stereocenters. The smallest absolute Gasteiger partial charge is 0.0620 e. The van der Waals surface area contributed by atoms with Crippen LogP contribution in [0.4, 0.5) is 0 Å². The van der Waals surface area contributed by atoms with E-state index in [0.717, 1.165) is 32.4 Å². The molecule has 0 radical (unpaired) electrons. The summed E-state index contributed by atoms with van der Waals surface area (Å²) in [6, 6.07) is 0.142. The third-order valence-electron chi connectivity index (χ3n) is 3.74. The number of hydrogen-bond acceptors (Lipinski definition) is 4. The lowest BCUT2D eigenvalue weighted by molar-refractivity contribution is 0.0774. The largest absolute Gasteiger partial charge is 0.378 e. The van der Waals surface area contributed by atoms with Gasteiger partial charge in [0.05, 0.1) is 18.3 Å². The van der Waals surface area contributed by atoms with Crippen LogP contribution in [0, 0.1) is 5.92 Å². The number of ether oxygens (including phenoxy) is 1. The zero-order valence-electron chi connectivity index (χ0n) is 11.3. The van der Waals surface area contributed by atoms with E-state index >= 15 is 0 Å². The second-order valence-electron chi connectivity index (χ2n) is 4.95. The molecule has 3 atom stereocenters. The number of rotatable bonds is 6. The van der Waals surface area contributed by atoms with Crippen LogP contribution in [-0.2, 0) is 11.3 Å². The molecule has 1 aromatic rings. The highest BCUT2D eigenvalue weighted by atomic mass is 16.5. The molecule has 2 rings (SSSR count). The van der Waals surface area contributed by atoms with E-state index in [2.05, 4.69) is 30.6 Å². The van der Waals surface area contributed by atoms with E-state index in [-0.39, 0.29) is 6.04 Å². The number of aromatic nitrogens is 2. The minimum absolute atomic E-state index is 0.142. The molecule has 5 nitrogen and oxygen atoms in total. The van der Waals surface area contributed by atoms with Crippen LogP contribution >= 0.6 is 0 Å². The van der Waals surface area contributed by atoms with Crippen molar-refractivity contribution in [2.24, 2.45) is 11.8 Å². The van der Waals surface area contributed by atoms with Crippen LogP contribution in [0.2, 0.25) is 0 Å². The molecule has 102 valence electrons. The lowest BCUT2D eigenvalue weighted by atomic mass is 9.88. The van der Waals surface area contributed by atoms with E-state index in [1.54, 1.807) is 0 Å². The Morgan fingerprint density at radius 1 is 1.61 bits per heavy atom. The third-order valence-corrected chi connectivity index (χ3v) is 3.74. The molecule has 1 fully saturated rings. The molecule has 0 aliphatic carbocycles. The van der Waals surface area contributed by atoms with Gasteiger partial charge in [-0.15, -0.1) is 0 Å². The lowest BCUT2D eigenvalue weighted by Gasteiger charge is -2.25. The predicted molar refractivity (Wildman–Crippen MR) is 70.7 cm³/mol. The van der Waals surface area contributed by atoms with Gasteiger partial charge in [-0.05, 0) is 19.3 Å². The summed E-state index contributed by atoms with van der Waals surface area (Å²) >= 11 is 0. The number of nitrogens with two attached hydrogens (primary N) is 1. The Labute approximate surface area is 109 Å². The number of nitrogens with zero attached hydrogens (tertiary/aromatic N) is 2. The zero-order chi connectivity index (χ0) is 13.0. The molecular formula is C13H24N4O. The van der Waals surface area contributed by atoms with Gasteiger partial charge in [0.1, 0.15) is 0 Å². The first-order chi connectivity index (χ1) is 8.80. The minimum atomic E-state index is 0.142. The van der Waals surface area contributed by atoms with Gasteiger partial charge >= 0.3 is 0 Å².